The van der Waals surface area contributed by atoms with Gasteiger partial charge in [-0.2, -0.15) is 0 Å². The maximum Gasteiger partial charge on any atom is 0.169 e. The molecule has 0 unspecified atom stereocenters. The van der Waals surface area contributed by atoms with Gasteiger partial charge in [0.25, 0.3) is 0 Å². The molecule has 3 heteroatoms. The first kappa shape index (κ1) is 11.4. The summed E-state index contributed by atoms with van der Waals surface area (Å²) in [5, 5.41) is 5.51. The van der Waals surface area contributed by atoms with Crippen molar-refractivity contribution < 1.29 is 9.47 Å². The minimum absolute atomic E-state index is 0.128. The average molecular weight is 243 g/mol. The highest BCUT2D eigenvalue weighted by Gasteiger charge is 2.35. The van der Waals surface area contributed by atoms with E-state index < -0.39 is 0 Å². The number of ether oxygens (including phenoxy) is 2. The van der Waals surface area contributed by atoms with Gasteiger partial charge in [-0.15, -0.1) is 0 Å². The molecule has 0 aliphatic carbocycles. The fourth-order valence-corrected chi connectivity index (χ4v) is 2.28. The number of nitrogens with one attached hydrogen (secondary N) is 1. The Morgan fingerprint density at radius 3 is 2.56 bits per heavy atom. The van der Waals surface area contributed by atoms with Gasteiger partial charge in [0.1, 0.15) is 5.60 Å². The van der Waals surface area contributed by atoms with Crippen molar-refractivity contribution in [1.29, 1.82) is 0 Å². The van der Waals surface area contributed by atoms with E-state index in [1.807, 2.05) is 18.2 Å². The molecule has 2 aromatic carbocycles. The van der Waals surface area contributed by atoms with Crippen molar-refractivity contribution in [3.63, 3.8) is 0 Å². The van der Waals surface area contributed by atoms with E-state index in [9.17, 15) is 0 Å². The Bertz CT molecular complexity index is 576. The predicted molar refractivity (Wildman–Crippen MR) is 72.4 cm³/mol. The van der Waals surface area contributed by atoms with E-state index in [1.54, 1.807) is 7.11 Å². The van der Waals surface area contributed by atoms with E-state index in [4.69, 9.17) is 9.47 Å². The number of hydrogen-bond acceptors (Lipinski definition) is 3. The molecule has 0 amide bonds. The van der Waals surface area contributed by atoms with Crippen LogP contribution in [0.1, 0.15) is 6.92 Å². The Morgan fingerprint density at radius 2 is 1.89 bits per heavy atom. The molecule has 94 valence electrons. The largest absolute Gasteiger partial charge is 0.493 e. The SMILES string of the molecule is COc1ccc2ccccc2c1OC1(C)CNC1. The highest BCUT2D eigenvalue weighted by Crippen LogP contribution is 2.38. The standard InChI is InChI=1S/C15H17NO2/c1-15(9-16-10-15)18-14-12-6-4-3-5-11(12)7-8-13(14)17-2/h3-8,16H,9-10H2,1-2H3. The molecule has 1 aliphatic heterocycles. The lowest BCUT2D eigenvalue weighted by Crippen LogP contribution is -2.61. The molecule has 3 nitrogen and oxygen atoms in total. The second-order valence-corrected chi connectivity index (χ2v) is 4.97. The van der Waals surface area contributed by atoms with Crippen molar-refractivity contribution >= 4 is 10.8 Å². The van der Waals surface area contributed by atoms with Crippen molar-refractivity contribution in [1.82, 2.24) is 5.32 Å². The Morgan fingerprint density at radius 1 is 1.11 bits per heavy atom. The van der Waals surface area contributed by atoms with Gasteiger partial charge in [0.2, 0.25) is 0 Å². The zero-order chi connectivity index (χ0) is 12.6. The Kier molecular flexibility index (Phi) is 2.63. The number of hydrogen-bond donors (Lipinski definition) is 1. The lowest BCUT2D eigenvalue weighted by molar-refractivity contribution is 0.0339. The molecule has 1 aliphatic rings. The summed E-state index contributed by atoms with van der Waals surface area (Å²) in [5.41, 5.74) is -0.128. The molecular weight excluding hydrogens is 226 g/mol. The number of fused-ring (bicyclic) bond motifs is 1. The third-order valence-electron chi connectivity index (χ3n) is 3.41. The molecule has 1 heterocycles. The monoisotopic (exact) mass is 243 g/mol. The molecule has 18 heavy (non-hydrogen) atoms. The van der Waals surface area contributed by atoms with Crippen molar-refractivity contribution in [2.45, 2.75) is 12.5 Å². The molecule has 3 rings (SSSR count). The van der Waals surface area contributed by atoms with Crippen LogP contribution >= 0.6 is 0 Å². The van der Waals surface area contributed by atoms with Gasteiger partial charge in [0, 0.05) is 18.5 Å². The second kappa shape index (κ2) is 4.18. The molecule has 1 fully saturated rings. The third kappa shape index (κ3) is 1.81. The number of rotatable bonds is 3. The van der Waals surface area contributed by atoms with Crippen molar-refractivity contribution in [3.05, 3.63) is 36.4 Å². The molecule has 0 aromatic heterocycles. The van der Waals surface area contributed by atoms with Gasteiger partial charge in [0.15, 0.2) is 11.5 Å². The lowest BCUT2D eigenvalue weighted by atomic mass is 9.99. The Labute approximate surface area is 107 Å². The maximum atomic E-state index is 6.19. The topological polar surface area (TPSA) is 30.5 Å². The third-order valence-corrected chi connectivity index (χ3v) is 3.41. The Balaban J connectivity index is 2.11. The van der Waals surface area contributed by atoms with Crippen molar-refractivity contribution in [2.24, 2.45) is 0 Å². The fourth-order valence-electron chi connectivity index (χ4n) is 2.28. The van der Waals surface area contributed by atoms with Gasteiger partial charge in [0.05, 0.1) is 7.11 Å². The second-order valence-electron chi connectivity index (χ2n) is 4.97. The van der Waals surface area contributed by atoms with Crippen LogP contribution < -0.4 is 14.8 Å². The van der Waals surface area contributed by atoms with Gasteiger partial charge in [-0.1, -0.05) is 30.3 Å². The molecule has 1 saturated heterocycles. The van der Waals surface area contributed by atoms with Gasteiger partial charge < -0.3 is 14.8 Å². The van der Waals surface area contributed by atoms with E-state index in [1.165, 1.54) is 5.39 Å². The first-order valence-electron chi connectivity index (χ1n) is 6.17. The molecule has 0 atom stereocenters. The molecule has 0 bridgehead atoms. The van der Waals surface area contributed by atoms with E-state index in [0.717, 1.165) is 30.0 Å². The highest BCUT2D eigenvalue weighted by molar-refractivity contribution is 5.90. The first-order chi connectivity index (χ1) is 8.72. The van der Waals surface area contributed by atoms with E-state index >= 15 is 0 Å². The summed E-state index contributed by atoms with van der Waals surface area (Å²) in [4.78, 5) is 0. The summed E-state index contributed by atoms with van der Waals surface area (Å²) in [6, 6.07) is 12.2. The van der Waals surface area contributed by atoms with Crippen LogP contribution in [0.2, 0.25) is 0 Å². The molecule has 0 saturated carbocycles. The molecule has 0 spiro atoms. The minimum atomic E-state index is -0.128. The summed E-state index contributed by atoms with van der Waals surface area (Å²) in [6.07, 6.45) is 0. The van der Waals surface area contributed by atoms with Gasteiger partial charge in [-0.25, -0.2) is 0 Å². The fraction of sp³-hybridized carbons (Fsp3) is 0.333. The summed E-state index contributed by atoms with van der Waals surface area (Å²) in [7, 11) is 1.68. The molecular formula is C15H17NO2. The quantitative estimate of drug-likeness (QED) is 0.898. The zero-order valence-electron chi connectivity index (χ0n) is 10.7. The van der Waals surface area contributed by atoms with Crippen LogP contribution in [-0.2, 0) is 0 Å². The van der Waals surface area contributed by atoms with Gasteiger partial charge in [-0.3, -0.25) is 0 Å². The molecule has 2 aromatic rings. The average Bonchev–Trinajstić information content (AvgIpc) is 2.37. The summed E-state index contributed by atoms with van der Waals surface area (Å²) >= 11 is 0. The summed E-state index contributed by atoms with van der Waals surface area (Å²) in [6.45, 7) is 3.86. The van der Waals surface area contributed by atoms with Crippen LogP contribution in [0.5, 0.6) is 11.5 Å². The first-order valence-corrected chi connectivity index (χ1v) is 6.17. The van der Waals surface area contributed by atoms with Crippen LogP contribution in [0.4, 0.5) is 0 Å². The van der Waals surface area contributed by atoms with E-state index in [0.29, 0.717) is 0 Å². The van der Waals surface area contributed by atoms with Crippen LogP contribution in [0.15, 0.2) is 36.4 Å². The highest BCUT2D eigenvalue weighted by atomic mass is 16.5. The van der Waals surface area contributed by atoms with Crippen LogP contribution in [0, 0.1) is 0 Å². The van der Waals surface area contributed by atoms with Gasteiger partial charge in [-0.05, 0) is 18.4 Å². The number of benzene rings is 2. The minimum Gasteiger partial charge on any atom is -0.493 e. The van der Waals surface area contributed by atoms with Crippen molar-refractivity contribution in [2.75, 3.05) is 20.2 Å². The normalized spacial score (nSPS) is 17.2. The number of methoxy groups -OCH3 is 1. The summed E-state index contributed by atoms with van der Waals surface area (Å²) < 4.78 is 11.6. The van der Waals surface area contributed by atoms with Gasteiger partial charge >= 0.3 is 0 Å². The summed E-state index contributed by atoms with van der Waals surface area (Å²) in [5.74, 6) is 1.64. The van der Waals surface area contributed by atoms with Crippen LogP contribution in [0.3, 0.4) is 0 Å². The molecule has 0 radical (unpaired) electrons. The lowest BCUT2D eigenvalue weighted by Gasteiger charge is -2.39. The smallest absolute Gasteiger partial charge is 0.169 e. The Hall–Kier alpha value is -1.74. The van der Waals surface area contributed by atoms with Crippen molar-refractivity contribution in [3.8, 4) is 11.5 Å². The van der Waals surface area contributed by atoms with E-state index in [2.05, 4.69) is 30.4 Å². The van der Waals surface area contributed by atoms with Crippen LogP contribution in [0.25, 0.3) is 10.8 Å². The molecule has 1 N–H and O–H groups in total. The predicted octanol–water partition coefficient (Wildman–Crippen LogP) is 2.59. The zero-order valence-corrected chi connectivity index (χ0v) is 10.7. The van der Waals surface area contributed by atoms with Crippen LogP contribution in [-0.4, -0.2) is 25.8 Å². The maximum absolute atomic E-state index is 6.19. The van der Waals surface area contributed by atoms with E-state index in [-0.39, 0.29) is 5.60 Å².